The van der Waals surface area contributed by atoms with Crippen LogP contribution in [0.1, 0.15) is 26.2 Å². The van der Waals surface area contributed by atoms with Crippen molar-refractivity contribution in [3.05, 3.63) is 57.5 Å². The maximum Gasteiger partial charge on any atom is 0.303 e. The summed E-state index contributed by atoms with van der Waals surface area (Å²) in [6.45, 7) is 1.70. The molecule has 0 bridgehead atoms. The van der Waals surface area contributed by atoms with E-state index in [1.807, 2.05) is 0 Å². The molecular weight excluding hydrogens is 433 g/mol. The molecule has 1 N–H and O–H groups in total. The average molecular weight is 451 g/mol. The van der Waals surface area contributed by atoms with Gasteiger partial charge in [-0.1, -0.05) is 34.8 Å². The summed E-state index contributed by atoms with van der Waals surface area (Å²) in [4.78, 5) is 10.8. The molecule has 0 heterocycles. The van der Waals surface area contributed by atoms with Crippen molar-refractivity contribution in [2.45, 2.75) is 37.1 Å². The van der Waals surface area contributed by atoms with Gasteiger partial charge < -0.3 is 5.11 Å². The van der Waals surface area contributed by atoms with E-state index in [1.165, 1.54) is 40.7 Å². The number of carbonyl (C=O) groups is 1. The fourth-order valence-electron chi connectivity index (χ4n) is 2.64. The average Bonchev–Trinajstić information content (AvgIpc) is 2.58. The van der Waals surface area contributed by atoms with Crippen LogP contribution in [0.5, 0.6) is 0 Å². The van der Waals surface area contributed by atoms with Crippen molar-refractivity contribution in [3.8, 4) is 0 Å². The van der Waals surface area contributed by atoms with Crippen LogP contribution in [0, 0.1) is 0 Å². The minimum atomic E-state index is -3.98. The van der Waals surface area contributed by atoms with Crippen molar-refractivity contribution in [1.82, 2.24) is 0 Å². The van der Waals surface area contributed by atoms with E-state index in [-0.39, 0.29) is 22.0 Å². The molecule has 9 heteroatoms. The molecule has 2 aromatic rings. The van der Waals surface area contributed by atoms with Crippen LogP contribution in [0.4, 0.5) is 5.69 Å². The summed E-state index contributed by atoms with van der Waals surface area (Å²) in [6.07, 6.45) is 0.603. The summed E-state index contributed by atoms with van der Waals surface area (Å²) in [7, 11) is -3.98. The summed E-state index contributed by atoms with van der Waals surface area (Å²) in [6, 6.07) is 9.82. The number of nitrogens with zero attached hydrogens (tertiary/aromatic N) is 1. The lowest BCUT2D eigenvalue weighted by atomic mass is 10.1. The highest BCUT2D eigenvalue weighted by molar-refractivity contribution is 7.92. The number of hydrogen-bond donors (Lipinski definition) is 1. The van der Waals surface area contributed by atoms with Crippen molar-refractivity contribution in [1.29, 1.82) is 0 Å². The number of halogens is 3. The molecule has 27 heavy (non-hydrogen) atoms. The van der Waals surface area contributed by atoms with Crippen LogP contribution in [0.15, 0.2) is 47.4 Å². The minimum Gasteiger partial charge on any atom is -0.481 e. The molecule has 0 saturated heterocycles. The highest BCUT2D eigenvalue weighted by Crippen LogP contribution is 2.35. The number of hydrogen-bond acceptors (Lipinski definition) is 3. The summed E-state index contributed by atoms with van der Waals surface area (Å²) >= 11 is 18.2. The Morgan fingerprint density at radius 2 is 1.67 bits per heavy atom. The van der Waals surface area contributed by atoms with E-state index in [2.05, 4.69) is 0 Å². The third-order valence-electron chi connectivity index (χ3n) is 3.93. The van der Waals surface area contributed by atoms with Gasteiger partial charge in [-0.3, -0.25) is 9.10 Å². The van der Waals surface area contributed by atoms with E-state index in [0.29, 0.717) is 22.9 Å². The van der Waals surface area contributed by atoms with Gasteiger partial charge in [-0.25, -0.2) is 8.42 Å². The van der Waals surface area contributed by atoms with Crippen molar-refractivity contribution < 1.29 is 18.3 Å². The summed E-state index contributed by atoms with van der Waals surface area (Å²) in [5.41, 5.74) is 0.238. The normalized spacial score (nSPS) is 12.6. The predicted molar refractivity (Wildman–Crippen MR) is 109 cm³/mol. The van der Waals surface area contributed by atoms with E-state index in [1.54, 1.807) is 13.0 Å². The molecule has 2 rings (SSSR count). The van der Waals surface area contributed by atoms with E-state index in [0.717, 1.165) is 0 Å². The highest BCUT2D eigenvalue weighted by atomic mass is 35.5. The second kappa shape index (κ2) is 9.15. The van der Waals surface area contributed by atoms with Crippen LogP contribution in [0.25, 0.3) is 0 Å². The van der Waals surface area contributed by atoms with Crippen molar-refractivity contribution in [2.24, 2.45) is 0 Å². The van der Waals surface area contributed by atoms with Gasteiger partial charge in [0.25, 0.3) is 10.0 Å². The maximum absolute atomic E-state index is 13.3. The molecule has 1 unspecified atom stereocenters. The second-order valence-corrected chi connectivity index (χ2v) is 9.08. The molecule has 0 aromatic heterocycles. The Bertz CT molecular complexity index is 917. The third-order valence-corrected chi connectivity index (χ3v) is 6.68. The first-order valence-electron chi connectivity index (χ1n) is 8.10. The highest BCUT2D eigenvalue weighted by Gasteiger charge is 2.31. The Hall–Kier alpha value is -1.47. The van der Waals surface area contributed by atoms with Crippen LogP contribution in [-0.4, -0.2) is 25.5 Å². The van der Waals surface area contributed by atoms with Crippen LogP contribution < -0.4 is 4.31 Å². The standard InChI is InChI=1S/C18H18Cl3NO4S/c1-12(3-2-4-18(23)24)22(17-11-14(20)7-10-16(17)21)27(25,26)15-8-5-13(19)6-9-15/h5-12H,2-4H2,1H3,(H,23,24). The number of rotatable bonds is 8. The Labute approximate surface area is 173 Å². The first-order chi connectivity index (χ1) is 12.6. The topological polar surface area (TPSA) is 74.7 Å². The maximum atomic E-state index is 13.3. The van der Waals surface area contributed by atoms with Crippen molar-refractivity contribution in [2.75, 3.05) is 4.31 Å². The Kier molecular flexibility index (Phi) is 7.40. The lowest BCUT2D eigenvalue weighted by Gasteiger charge is -2.31. The molecule has 1 atom stereocenters. The molecule has 0 aliphatic rings. The number of carboxylic acid groups (broad SMARTS) is 1. The number of benzene rings is 2. The summed E-state index contributed by atoms with van der Waals surface area (Å²) in [5, 5.41) is 9.82. The van der Waals surface area contributed by atoms with Crippen LogP contribution in [0.3, 0.4) is 0 Å². The molecular formula is C18H18Cl3NO4S. The van der Waals surface area contributed by atoms with Crippen LogP contribution in [-0.2, 0) is 14.8 Å². The van der Waals surface area contributed by atoms with E-state index < -0.39 is 22.0 Å². The number of carboxylic acids is 1. The minimum absolute atomic E-state index is 0.0491. The Morgan fingerprint density at radius 1 is 1.07 bits per heavy atom. The summed E-state index contributed by atoms with van der Waals surface area (Å²) < 4.78 is 27.8. The van der Waals surface area contributed by atoms with Crippen molar-refractivity contribution >= 4 is 56.5 Å². The monoisotopic (exact) mass is 449 g/mol. The molecule has 146 valence electrons. The zero-order valence-corrected chi connectivity index (χ0v) is 17.5. The first-order valence-corrected chi connectivity index (χ1v) is 10.7. The molecule has 5 nitrogen and oxygen atoms in total. The zero-order chi connectivity index (χ0) is 20.2. The van der Waals surface area contributed by atoms with Gasteiger partial charge in [0.1, 0.15) is 0 Å². The van der Waals surface area contributed by atoms with Gasteiger partial charge in [-0.15, -0.1) is 0 Å². The van der Waals surface area contributed by atoms with Crippen LogP contribution in [0.2, 0.25) is 15.1 Å². The lowest BCUT2D eigenvalue weighted by molar-refractivity contribution is -0.137. The smallest absolute Gasteiger partial charge is 0.303 e. The molecule has 0 aliphatic carbocycles. The Balaban J connectivity index is 2.50. The van der Waals surface area contributed by atoms with Crippen molar-refractivity contribution in [3.63, 3.8) is 0 Å². The van der Waals surface area contributed by atoms with Gasteiger partial charge in [0.2, 0.25) is 0 Å². The first kappa shape index (κ1) is 21.8. The number of anilines is 1. The molecule has 2 aromatic carbocycles. The number of sulfonamides is 1. The second-order valence-electron chi connectivity index (χ2n) is 5.99. The quantitative estimate of drug-likeness (QED) is 0.577. The predicted octanol–water partition coefficient (Wildman–Crippen LogP) is 5.49. The molecule has 0 saturated carbocycles. The zero-order valence-electron chi connectivity index (χ0n) is 14.4. The molecule has 0 radical (unpaired) electrons. The van der Waals surface area contributed by atoms with E-state index in [9.17, 15) is 13.2 Å². The van der Waals surface area contributed by atoms with Gasteiger partial charge in [-0.05, 0) is 62.2 Å². The number of aliphatic carboxylic acids is 1. The van der Waals surface area contributed by atoms with Gasteiger partial charge in [0.05, 0.1) is 15.6 Å². The lowest BCUT2D eigenvalue weighted by Crippen LogP contribution is -2.39. The van der Waals surface area contributed by atoms with Gasteiger partial charge in [-0.2, -0.15) is 0 Å². The fourth-order valence-corrected chi connectivity index (χ4v) is 4.89. The molecule has 0 spiro atoms. The van der Waals surface area contributed by atoms with E-state index in [4.69, 9.17) is 39.9 Å². The van der Waals surface area contributed by atoms with E-state index >= 15 is 0 Å². The van der Waals surface area contributed by atoms with Gasteiger partial charge in [0.15, 0.2) is 0 Å². The molecule has 0 aliphatic heterocycles. The van der Waals surface area contributed by atoms with Gasteiger partial charge >= 0.3 is 5.97 Å². The van der Waals surface area contributed by atoms with Crippen LogP contribution >= 0.6 is 34.8 Å². The fraction of sp³-hybridized carbons (Fsp3) is 0.278. The van der Waals surface area contributed by atoms with Gasteiger partial charge in [0, 0.05) is 22.5 Å². The molecule has 0 amide bonds. The SMILES string of the molecule is CC(CCCC(=O)O)N(c1cc(Cl)ccc1Cl)S(=O)(=O)c1ccc(Cl)cc1. The molecule has 0 fully saturated rings. The Morgan fingerprint density at radius 3 is 2.26 bits per heavy atom. The third kappa shape index (κ3) is 5.51. The largest absolute Gasteiger partial charge is 0.481 e. The summed E-state index contributed by atoms with van der Waals surface area (Å²) in [5.74, 6) is -0.935.